The molecule has 7 heteroatoms. The third-order valence-corrected chi connectivity index (χ3v) is 5.74. The summed E-state index contributed by atoms with van der Waals surface area (Å²) in [4.78, 5) is 39.5. The summed E-state index contributed by atoms with van der Waals surface area (Å²) in [5.74, 6) is -1.16. The second kappa shape index (κ2) is 9.56. The van der Waals surface area contributed by atoms with Gasteiger partial charge in [0.25, 0.3) is 0 Å². The van der Waals surface area contributed by atoms with Crippen LogP contribution in [0, 0.1) is 6.92 Å². The highest BCUT2D eigenvalue weighted by atomic mass is 16.2. The Balaban J connectivity index is 1.69. The number of amides is 4. The van der Waals surface area contributed by atoms with Gasteiger partial charge >= 0.3 is 6.03 Å². The van der Waals surface area contributed by atoms with E-state index in [0.717, 1.165) is 16.7 Å². The molecule has 2 atom stereocenters. The van der Waals surface area contributed by atoms with Gasteiger partial charge in [0.05, 0.1) is 0 Å². The average Bonchev–Trinajstić information content (AvgIpc) is 2.90. The van der Waals surface area contributed by atoms with Gasteiger partial charge in [0, 0.05) is 17.3 Å². The standard InChI is InChI=1S/C26H26N4O3/c1-17-8-7-11-19(14-17)28-26(33)29-22-15-21(18-9-3-2-4-10-18)20-12-5-6-13-23(20)30(25(22)32)16-24(27)31/h2-14,21-22H,15-16H2,1H3,(H2,27,31)(H2,28,29,33). The van der Waals surface area contributed by atoms with Gasteiger partial charge in [-0.05, 0) is 48.2 Å². The molecule has 0 bridgehead atoms. The lowest BCUT2D eigenvalue weighted by Gasteiger charge is -2.25. The minimum atomic E-state index is -0.855. The number of aryl methyl sites for hydroxylation is 1. The van der Waals surface area contributed by atoms with Crippen molar-refractivity contribution in [3.05, 3.63) is 95.6 Å². The van der Waals surface area contributed by atoms with Crippen LogP contribution in [0.4, 0.5) is 16.2 Å². The van der Waals surface area contributed by atoms with Crippen LogP contribution >= 0.6 is 0 Å². The van der Waals surface area contributed by atoms with Crippen LogP contribution < -0.4 is 21.3 Å². The summed E-state index contributed by atoms with van der Waals surface area (Å²) >= 11 is 0. The Bertz CT molecular complexity index is 1180. The molecule has 4 N–H and O–H groups in total. The number of hydrogen-bond acceptors (Lipinski definition) is 3. The molecule has 0 saturated carbocycles. The first kappa shape index (κ1) is 22.1. The van der Waals surface area contributed by atoms with Crippen molar-refractivity contribution in [3.8, 4) is 0 Å². The zero-order valence-electron chi connectivity index (χ0n) is 18.3. The third-order valence-electron chi connectivity index (χ3n) is 5.74. The first-order valence-corrected chi connectivity index (χ1v) is 10.8. The highest BCUT2D eigenvalue weighted by Gasteiger charge is 2.37. The fraction of sp³-hybridized carbons (Fsp3) is 0.192. The Kier molecular flexibility index (Phi) is 6.40. The fourth-order valence-corrected chi connectivity index (χ4v) is 4.29. The molecule has 1 heterocycles. The monoisotopic (exact) mass is 442 g/mol. The summed E-state index contributed by atoms with van der Waals surface area (Å²) < 4.78 is 0. The van der Waals surface area contributed by atoms with E-state index in [1.54, 1.807) is 12.1 Å². The van der Waals surface area contributed by atoms with Crippen LogP contribution in [-0.4, -0.2) is 30.4 Å². The molecule has 1 aliphatic rings. The number of fused-ring (bicyclic) bond motifs is 1. The molecule has 0 fully saturated rings. The number of anilines is 2. The van der Waals surface area contributed by atoms with Crippen molar-refractivity contribution in [1.29, 1.82) is 0 Å². The van der Waals surface area contributed by atoms with Crippen molar-refractivity contribution in [3.63, 3.8) is 0 Å². The lowest BCUT2D eigenvalue weighted by atomic mass is 9.86. The van der Waals surface area contributed by atoms with E-state index < -0.39 is 18.0 Å². The topological polar surface area (TPSA) is 105 Å². The molecule has 2 unspecified atom stereocenters. The maximum absolute atomic E-state index is 13.5. The number of nitrogens with zero attached hydrogens (tertiary/aromatic N) is 1. The Morgan fingerprint density at radius 3 is 2.45 bits per heavy atom. The molecule has 4 amide bonds. The van der Waals surface area contributed by atoms with Crippen LogP contribution in [0.15, 0.2) is 78.9 Å². The number of hydrogen-bond donors (Lipinski definition) is 3. The smallest absolute Gasteiger partial charge is 0.319 e. The summed E-state index contributed by atoms with van der Waals surface area (Å²) in [6.45, 7) is 1.66. The Labute approximate surface area is 192 Å². The molecule has 0 aromatic heterocycles. The number of nitrogens with one attached hydrogen (secondary N) is 2. The predicted molar refractivity (Wildman–Crippen MR) is 128 cm³/mol. The van der Waals surface area contributed by atoms with Gasteiger partial charge in [0.1, 0.15) is 12.6 Å². The number of carbonyl (C=O) groups excluding carboxylic acids is 3. The third kappa shape index (κ3) is 5.03. The van der Waals surface area contributed by atoms with E-state index in [2.05, 4.69) is 10.6 Å². The van der Waals surface area contributed by atoms with Gasteiger partial charge in [-0.15, -0.1) is 0 Å². The van der Waals surface area contributed by atoms with Gasteiger partial charge in [0.2, 0.25) is 11.8 Å². The second-order valence-corrected chi connectivity index (χ2v) is 8.17. The molecule has 0 spiro atoms. The Hall–Kier alpha value is -4.13. The average molecular weight is 443 g/mol. The first-order chi connectivity index (χ1) is 15.9. The van der Waals surface area contributed by atoms with E-state index in [1.807, 2.05) is 73.7 Å². The van der Waals surface area contributed by atoms with Crippen molar-refractivity contribution in [2.24, 2.45) is 5.73 Å². The zero-order valence-corrected chi connectivity index (χ0v) is 18.3. The maximum Gasteiger partial charge on any atom is 0.319 e. The number of urea groups is 1. The predicted octanol–water partition coefficient (Wildman–Crippen LogP) is 3.54. The zero-order chi connectivity index (χ0) is 23.4. The number of primary amides is 1. The van der Waals surface area contributed by atoms with Gasteiger partial charge in [-0.1, -0.05) is 60.7 Å². The highest BCUT2D eigenvalue weighted by molar-refractivity contribution is 6.05. The van der Waals surface area contributed by atoms with Crippen LogP contribution in [0.2, 0.25) is 0 Å². The van der Waals surface area contributed by atoms with Gasteiger partial charge in [-0.3, -0.25) is 9.59 Å². The molecule has 4 rings (SSSR count). The van der Waals surface area contributed by atoms with E-state index in [0.29, 0.717) is 17.8 Å². The molecule has 0 radical (unpaired) electrons. The summed E-state index contributed by atoms with van der Waals surface area (Å²) in [5, 5.41) is 5.61. The maximum atomic E-state index is 13.5. The van der Waals surface area contributed by atoms with Crippen molar-refractivity contribution in [2.45, 2.75) is 25.3 Å². The van der Waals surface area contributed by atoms with Crippen LogP contribution in [0.25, 0.3) is 0 Å². The van der Waals surface area contributed by atoms with Crippen molar-refractivity contribution >= 4 is 29.2 Å². The minimum absolute atomic E-state index is 0.159. The molecule has 1 aliphatic heterocycles. The normalized spacial score (nSPS) is 17.6. The molecule has 168 valence electrons. The lowest BCUT2D eigenvalue weighted by molar-refractivity contribution is -0.123. The molecule has 3 aromatic carbocycles. The number of carbonyl (C=O) groups is 3. The first-order valence-electron chi connectivity index (χ1n) is 10.8. The quantitative estimate of drug-likeness (QED) is 0.563. The molecular weight excluding hydrogens is 416 g/mol. The van der Waals surface area contributed by atoms with Crippen LogP contribution in [0.1, 0.15) is 29.0 Å². The van der Waals surface area contributed by atoms with Crippen LogP contribution in [0.5, 0.6) is 0 Å². The molecule has 7 nitrogen and oxygen atoms in total. The lowest BCUT2D eigenvalue weighted by Crippen LogP contribution is -2.51. The molecule has 33 heavy (non-hydrogen) atoms. The number of nitrogens with two attached hydrogens (primary N) is 1. The number of rotatable bonds is 5. The largest absolute Gasteiger partial charge is 0.368 e. The van der Waals surface area contributed by atoms with Crippen molar-refractivity contribution in [2.75, 3.05) is 16.8 Å². The molecule has 0 saturated heterocycles. The Morgan fingerprint density at radius 1 is 1.00 bits per heavy atom. The fourth-order valence-electron chi connectivity index (χ4n) is 4.29. The SMILES string of the molecule is Cc1cccc(NC(=O)NC2CC(c3ccccc3)c3ccccc3N(CC(N)=O)C2=O)c1. The van der Waals surface area contributed by atoms with Gasteiger partial charge in [-0.2, -0.15) is 0 Å². The highest BCUT2D eigenvalue weighted by Crippen LogP contribution is 2.39. The van der Waals surface area contributed by atoms with E-state index >= 15 is 0 Å². The minimum Gasteiger partial charge on any atom is -0.368 e. The second-order valence-electron chi connectivity index (χ2n) is 8.17. The van der Waals surface area contributed by atoms with E-state index in [4.69, 9.17) is 5.73 Å². The summed E-state index contributed by atoms with van der Waals surface area (Å²) in [6, 6.07) is 23.4. The molecular formula is C26H26N4O3. The Morgan fingerprint density at radius 2 is 1.73 bits per heavy atom. The molecule has 3 aromatic rings. The molecule has 0 aliphatic carbocycles. The van der Waals surface area contributed by atoms with E-state index in [1.165, 1.54) is 4.90 Å². The van der Waals surface area contributed by atoms with Gasteiger partial charge in [-0.25, -0.2) is 4.79 Å². The number of benzene rings is 3. The van der Waals surface area contributed by atoms with Crippen molar-refractivity contribution in [1.82, 2.24) is 5.32 Å². The van der Waals surface area contributed by atoms with Gasteiger partial charge < -0.3 is 21.3 Å². The van der Waals surface area contributed by atoms with Crippen LogP contribution in [-0.2, 0) is 9.59 Å². The summed E-state index contributed by atoms with van der Waals surface area (Å²) in [7, 11) is 0. The van der Waals surface area contributed by atoms with Crippen LogP contribution in [0.3, 0.4) is 0 Å². The summed E-state index contributed by atoms with van der Waals surface area (Å²) in [5.41, 5.74) is 9.65. The summed E-state index contributed by atoms with van der Waals surface area (Å²) in [6.07, 6.45) is 0.344. The van der Waals surface area contributed by atoms with Gasteiger partial charge in [0.15, 0.2) is 0 Å². The number of para-hydroxylation sites is 1. The van der Waals surface area contributed by atoms with Crippen molar-refractivity contribution < 1.29 is 14.4 Å². The van der Waals surface area contributed by atoms with E-state index in [-0.39, 0.29) is 18.4 Å². The van der Waals surface area contributed by atoms with E-state index in [9.17, 15) is 14.4 Å².